The average molecular weight is 244 g/mol. The van der Waals surface area contributed by atoms with Crippen molar-refractivity contribution in [3.05, 3.63) is 42.1 Å². The van der Waals surface area contributed by atoms with Crippen molar-refractivity contribution in [2.45, 2.75) is 33.2 Å². The van der Waals surface area contributed by atoms with Crippen molar-refractivity contribution in [2.75, 3.05) is 11.9 Å². The number of nitrogens with zero attached hydrogens (tertiary/aromatic N) is 3. The number of hydrogen-bond donors (Lipinski definition) is 1. The Labute approximate surface area is 108 Å². The molecule has 0 fully saturated rings. The molecule has 18 heavy (non-hydrogen) atoms. The Bertz CT molecular complexity index is 502. The molecule has 0 aliphatic heterocycles. The molecule has 0 aromatic carbocycles. The summed E-state index contributed by atoms with van der Waals surface area (Å²) in [5.74, 6) is 2.46. The maximum atomic E-state index is 4.58. The zero-order valence-electron chi connectivity index (χ0n) is 11.2. The van der Waals surface area contributed by atoms with Crippen LogP contribution in [0, 0.1) is 0 Å². The Morgan fingerprint density at radius 1 is 1.33 bits per heavy atom. The summed E-state index contributed by atoms with van der Waals surface area (Å²) in [5.41, 5.74) is 1.05. The molecule has 2 heterocycles. The van der Waals surface area contributed by atoms with Crippen LogP contribution in [0.25, 0.3) is 0 Å². The van der Waals surface area contributed by atoms with Crippen molar-refractivity contribution in [3.63, 3.8) is 0 Å². The molecule has 2 aromatic heterocycles. The first-order chi connectivity index (χ1) is 8.70. The Morgan fingerprint density at radius 3 is 2.89 bits per heavy atom. The lowest BCUT2D eigenvalue weighted by Gasteiger charge is -2.11. The molecule has 96 valence electrons. The van der Waals surface area contributed by atoms with Gasteiger partial charge in [-0.05, 0) is 19.1 Å². The summed E-state index contributed by atoms with van der Waals surface area (Å²) in [4.78, 5) is 8.97. The van der Waals surface area contributed by atoms with E-state index in [0.29, 0.717) is 5.92 Å². The average Bonchev–Trinajstić information content (AvgIpc) is 2.78. The van der Waals surface area contributed by atoms with E-state index in [1.807, 2.05) is 30.6 Å². The van der Waals surface area contributed by atoms with Gasteiger partial charge in [-0.25, -0.2) is 9.97 Å². The van der Waals surface area contributed by atoms with Gasteiger partial charge in [0, 0.05) is 24.9 Å². The normalized spacial score (nSPS) is 10.9. The van der Waals surface area contributed by atoms with Gasteiger partial charge in [-0.3, -0.25) is 0 Å². The SMILES string of the molecule is CCNc1cccc(Cn2ccnc2C(C)C)n1. The summed E-state index contributed by atoms with van der Waals surface area (Å²) in [6.45, 7) is 8.04. The molecule has 0 unspecified atom stereocenters. The van der Waals surface area contributed by atoms with Gasteiger partial charge in [-0.15, -0.1) is 0 Å². The van der Waals surface area contributed by atoms with Crippen LogP contribution in [0.5, 0.6) is 0 Å². The molecule has 0 bridgehead atoms. The third-order valence-corrected chi connectivity index (χ3v) is 2.76. The maximum Gasteiger partial charge on any atom is 0.126 e. The molecule has 0 radical (unpaired) electrons. The van der Waals surface area contributed by atoms with Gasteiger partial charge in [0.25, 0.3) is 0 Å². The van der Waals surface area contributed by atoms with Gasteiger partial charge < -0.3 is 9.88 Å². The second kappa shape index (κ2) is 5.67. The van der Waals surface area contributed by atoms with Gasteiger partial charge >= 0.3 is 0 Å². The smallest absolute Gasteiger partial charge is 0.126 e. The van der Waals surface area contributed by atoms with Crippen LogP contribution in [-0.2, 0) is 6.54 Å². The molecule has 0 saturated heterocycles. The molecule has 0 spiro atoms. The van der Waals surface area contributed by atoms with E-state index in [9.17, 15) is 0 Å². The van der Waals surface area contributed by atoms with Gasteiger partial charge in [0.2, 0.25) is 0 Å². The molecular weight excluding hydrogens is 224 g/mol. The first-order valence-electron chi connectivity index (χ1n) is 6.41. The highest BCUT2D eigenvalue weighted by Crippen LogP contribution is 2.14. The van der Waals surface area contributed by atoms with Crippen LogP contribution in [0.1, 0.15) is 38.2 Å². The van der Waals surface area contributed by atoms with Crippen molar-refractivity contribution in [2.24, 2.45) is 0 Å². The highest BCUT2D eigenvalue weighted by Gasteiger charge is 2.08. The number of imidazole rings is 1. The van der Waals surface area contributed by atoms with Crippen LogP contribution in [-0.4, -0.2) is 21.1 Å². The molecule has 1 N–H and O–H groups in total. The van der Waals surface area contributed by atoms with E-state index >= 15 is 0 Å². The van der Waals surface area contributed by atoms with Crippen molar-refractivity contribution in [3.8, 4) is 0 Å². The minimum Gasteiger partial charge on any atom is -0.370 e. The van der Waals surface area contributed by atoms with Crippen molar-refractivity contribution in [1.29, 1.82) is 0 Å². The lowest BCUT2D eigenvalue weighted by Crippen LogP contribution is -2.08. The Balaban J connectivity index is 2.18. The predicted molar refractivity (Wildman–Crippen MR) is 73.8 cm³/mol. The number of aromatic nitrogens is 3. The van der Waals surface area contributed by atoms with Gasteiger partial charge in [0.1, 0.15) is 11.6 Å². The van der Waals surface area contributed by atoms with Crippen LogP contribution in [0.4, 0.5) is 5.82 Å². The second-order valence-electron chi connectivity index (χ2n) is 4.61. The van der Waals surface area contributed by atoms with Crippen LogP contribution in [0.3, 0.4) is 0 Å². The largest absolute Gasteiger partial charge is 0.370 e. The summed E-state index contributed by atoms with van der Waals surface area (Å²) in [6.07, 6.45) is 3.86. The topological polar surface area (TPSA) is 42.7 Å². The zero-order valence-corrected chi connectivity index (χ0v) is 11.2. The van der Waals surface area contributed by atoms with Crippen LogP contribution >= 0.6 is 0 Å². The van der Waals surface area contributed by atoms with Crippen molar-refractivity contribution in [1.82, 2.24) is 14.5 Å². The molecule has 0 atom stereocenters. The van der Waals surface area contributed by atoms with E-state index in [4.69, 9.17) is 0 Å². The van der Waals surface area contributed by atoms with Gasteiger partial charge in [0.15, 0.2) is 0 Å². The number of pyridine rings is 1. The fourth-order valence-electron chi connectivity index (χ4n) is 1.98. The second-order valence-corrected chi connectivity index (χ2v) is 4.61. The fourth-order valence-corrected chi connectivity index (χ4v) is 1.98. The van der Waals surface area contributed by atoms with Crippen LogP contribution < -0.4 is 5.32 Å². The lowest BCUT2D eigenvalue weighted by atomic mass is 10.2. The molecule has 0 saturated carbocycles. The van der Waals surface area contributed by atoms with E-state index in [2.05, 4.69) is 40.6 Å². The predicted octanol–water partition coefficient (Wildman–Crippen LogP) is 2.88. The molecule has 0 aliphatic rings. The Kier molecular flexibility index (Phi) is 3.97. The Morgan fingerprint density at radius 2 is 2.17 bits per heavy atom. The van der Waals surface area contributed by atoms with Gasteiger partial charge in [-0.1, -0.05) is 19.9 Å². The molecular formula is C14H20N4. The number of rotatable bonds is 5. The molecule has 0 amide bonds. The molecule has 2 aromatic rings. The summed E-state index contributed by atoms with van der Waals surface area (Å²) < 4.78 is 2.16. The van der Waals surface area contributed by atoms with Gasteiger partial charge in [-0.2, -0.15) is 0 Å². The summed E-state index contributed by atoms with van der Waals surface area (Å²) in [6, 6.07) is 6.07. The highest BCUT2D eigenvalue weighted by molar-refractivity contribution is 5.35. The molecule has 0 aliphatic carbocycles. The van der Waals surface area contributed by atoms with E-state index in [-0.39, 0.29) is 0 Å². The minimum absolute atomic E-state index is 0.428. The first kappa shape index (κ1) is 12.6. The van der Waals surface area contributed by atoms with E-state index in [1.165, 1.54) is 0 Å². The summed E-state index contributed by atoms with van der Waals surface area (Å²) >= 11 is 0. The summed E-state index contributed by atoms with van der Waals surface area (Å²) in [5, 5.41) is 3.23. The number of nitrogens with one attached hydrogen (secondary N) is 1. The molecule has 4 heteroatoms. The number of hydrogen-bond acceptors (Lipinski definition) is 3. The lowest BCUT2D eigenvalue weighted by molar-refractivity contribution is 0.661. The van der Waals surface area contributed by atoms with Crippen LogP contribution in [0.2, 0.25) is 0 Å². The van der Waals surface area contributed by atoms with E-state index in [1.54, 1.807) is 0 Å². The molecule has 4 nitrogen and oxygen atoms in total. The van der Waals surface area contributed by atoms with Crippen LogP contribution in [0.15, 0.2) is 30.6 Å². The fraction of sp³-hybridized carbons (Fsp3) is 0.429. The third kappa shape index (κ3) is 2.88. The van der Waals surface area contributed by atoms with E-state index in [0.717, 1.165) is 30.4 Å². The molecule has 2 rings (SSSR count). The maximum absolute atomic E-state index is 4.58. The Hall–Kier alpha value is -1.84. The van der Waals surface area contributed by atoms with E-state index < -0.39 is 0 Å². The van der Waals surface area contributed by atoms with Crippen molar-refractivity contribution < 1.29 is 0 Å². The minimum atomic E-state index is 0.428. The third-order valence-electron chi connectivity index (χ3n) is 2.76. The van der Waals surface area contributed by atoms with Gasteiger partial charge in [0.05, 0.1) is 12.2 Å². The first-order valence-corrected chi connectivity index (χ1v) is 6.41. The number of anilines is 1. The standard InChI is InChI=1S/C14H20N4/c1-4-15-13-7-5-6-12(17-13)10-18-9-8-16-14(18)11(2)3/h5-9,11H,4,10H2,1-3H3,(H,15,17). The highest BCUT2D eigenvalue weighted by atomic mass is 15.1. The zero-order chi connectivity index (χ0) is 13.0. The van der Waals surface area contributed by atoms with Crippen molar-refractivity contribution >= 4 is 5.82 Å². The quantitative estimate of drug-likeness (QED) is 0.879. The summed E-state index contributed by atoms with van der Waals surface area (Å²) in [7, 11) is 0. The monoisotopic (exact) mass is 244 g/mol.